The van der Waals surface area contributed by atoms with Crippen LogP contribution in [0.3, 0.4) is 0 Å². The number of hydrogen-bond donors (Lipinski definition) is 1. The summed E-state index contributed by atoms with van der Waals surface area (Å²) in [6.07, 6.45) is 0.924. The Labute approximate surface area is 111 Å². The van der Waals surface area contributed by atoms with E-state index in [1.807, 2.05) is 25.2 Å². The Balaban J connectivity index is 2.22. The van der Waals surface area contributed by atoms with Gasteiger partial charge in [0.15, 0.2) is 0 Å². The maximum Gasteiger partial charge on any atom is 0.0438 e. The molecule has 1 atom stereocenters. The number of hydrogen-bond acceptors (Lipinski definition) is 2. The third-order valence-corrected chi connectivity index (χ3v) is 4.25. The molecule has 0 spiro atoms. The highest BCUT2D eigenvalue weighted by molar-refractivity contribution is 7.08. The van der Waals surface area contributed by atoms with Gasteiger partial charge in [0.05, 0.1) is 0 Å². The lowest BCUT2D eigenvalue weighted by Gasteiger charge is -2.17. The van der Waals surface area contributed by atoms with Crippen LogP contribution in [0.15, 0.2) is 35.0 Å². The molecular formula is C14H16ClNS. The third-order valence-electron chi connectivity index (χ3n) is 3.00. The highest BCUT2D eigenvalue weighted by Gasteiger charge is 2.14. The van der Waals surface area contributed by atoms with Gasteiger partial charge in [0.1, 0.15) is 0 Å². The van der Waals surface area contributed by atoms with Crippen LogP contribution >= 0.6 is 22.9 Å². The standard InChI is InChI=1S/C14H16ClNS/c1-10-8-17-9-12(10)14(16-2)7-11-5-3-4-6-13(11)15/h3-6,8-9,14,16H,7H2,1-2H3. The molecule has 1 nitrogen and oxygen atoms in total. The van der Waals surface area contributed by atoms with Gasteiger partial charge in [-0.2, -0.15) is 11.3 Å². The maximum absolute atomic E-state index is 6.20. The molecule has 0 aliphatic rings. The second kappa shape index (κ2) is 5.67. The molecule has 0 amide bonds. The lowest BCUT2D eigenvalue weighted by molar-refractivity contribution is 0.591. The quantitative estimate of drug-likeness (QED) is 0.873. The van der Waals surface area contributed by atoms with E-state index < -0.39 is 0 Å². The Hall–Kier alpha value is -0.830. The van der Waals surface area contributed by atoms with Crippen molar-refractivity contribution in [2.75, 3.05) is 7.05 Å². The molecule has 90 valence electrons. The second-order valence-electron chi connectivity index (χ2n) is 4.15. The number of aryl methyl sites for hydroxylation is 1. The van der Waals surface area contributed by atoms with Crippen LogP contribution in [0.4, 0.5) is 0 Å². The fraction of sp³-hybridized carbons (Fsp3) is 0.286. The predicted octanol–water partition coefficient (Wildman–Crippen LogP) is 4.21. The minimum atomic E-state index is 0.334. The lowest BCUT2D eigenvalue weighted by atomic mass is 9.99. The van der Waals surface area contributed by atoms with Crippen molar-refractivity contribution < 1.29 is 0 Å². The van der Waals surface area contributed by atoms with Crippen LogP contribution in [0, 0.1) is 6.92 Å². The number of halogens is 1. The van der Waals surface area contributed by atoms with E-state index in [2.05, 4.69) is 29.1 Å². The van der Waals surface area contributed by atoms with Crippen molar-refractivity contribution in [1.82, 2.24) is 5.32 Å². The van der Waals surface area contributed by atoms with E-state index in [1.54, 1.807) is 11.3 Å². The zero-order valence-electron chi connectivity index (χ0n) is 10.0. The van der Waals surface area contributed by atoms with Gasteiger partial charge < -0.3 is 5.32 Å². The molecule has 0 fully saturated rings. The summed E-state index contributed by atoms with van der Waals surface area (Å²) < 4.78 is 0. The molecule has 0 saturated carbocycles. The van der Waals surface area contributed by atoms with Gasteiger partial charge >= 0.3 is 0 Å². The highest BCUT2D eigenvalue weighted by atomic mass is 35.5. The molecule has 0 aliphatic heterocycles. The molecule has 1 aromatic carbocycles. The average molecular weight is 266 g/mol. The summed E-state index contributed by atoms with van der Waals surface area (Å²) in [5.74, 6) is 0. The topological polar surface area (TPSA) is 12.0 Å². The van der Waals surface area contributed by atoms with Crippen molar-refractivity contribution in [2.45, 2.75) is 19.4 Å². The molecule has 0 saturated heterocycles. The first-order valence-electron chi connectivity index (χ1n) is 5.65. The number of nitrogens with one attached hydrogen (secondary N) is 1. The molecule has 17 heavy (non-hydrogen) atoms. The molecule has 0 bridgehead atoms. The van der Waals surface area contributed by atoms with Crippen molar-refractivity contribution in [3.8, 4) is 0 Å². The van der Waals surface area contributed by atoms with E-state index in [-0.39, 0.29) is 0 Å². The molecular weight excluding hydrogens is 250 g/mol. The Morgan fingerprint density at radius 3 is 2.65 bits per heavy atom. The lowest BCUT2D eigenvalue weighted by Crippen LogP contribution is -2.19. The van der Waals surface area contributed by atoms with Crippen molar-refractivity contribution >= 4 is 22.9 Å². The minimum absolute atomic E-state index is 0.334. The molecule has 1 N–H and O–H groups in total. The smallest absolute Gasteiger partial charge is 0.0438 e. The van der Waals surface area contributed by atoms with E-state index in [0.29, 0.717) is 6.04 Å². The van der Waals surface area contributed by atoms with Crippen LogP contribution in [0.25, 0.3) is 0 Å². The number of likely N-dealkylation sites (N-methyl/N-ethyl adjacent to an activating group) is 1. The van der Waals surface area contributed by atoms with Crippen molar-refractivity contribution in [3.63, 3.8) is 0 Å². The third kappa shape index (κ3) is 2.89. The van der Waals surface area contributed by atoms with Crippen LogP contribution in [0.1, 0.15) is 22.7 Å². The number of thiophene rings is 1. The summed E-state index contributed by atoms with van der Waals surface area (Å²) in [6, 6.07) is 8.38. The van der Waals surface area contributed by atoms with E-state index in [0.717, 1.165) is 11.4 Å². The van der Waals surface area contributed by atoms with Crippen molar-refractivity contribution in [3.05, 3.63) is 56.7 Å². The zero-order valence-corrected chi connectivity index (χ0v) is 11.6. The highest BCUT2D eigenvalue weighted by Crippen LogP contribution is 2.27. The largest absolute Gasteiger partial charge is 0.313 e. The van der Waals surface area contributed by atoms with Gasteiger partial charge in [-0.15, -0.1) is 0 Å². The van der Waals surface area contributed by atoms with Crippen LogP contribution < -0.4 is 5.32 Å². The Bertz CT molecular complexity index is 492. The molecule has 0 radical (unpaired) electrons. The van der Waals surface area contributed by atoms with E-state index >= 15 is 0 Å². The van der Waals surface area contributed by atoms with Crippen LogP contribution in [-0.2, 0) is 6.42 Å². The Kier molecular flexibility index (Phi) is 4.21. The predicted molar refractivity (Wildman–Crippen MR) is 76.0 cm³/mol. The summed E-state index contributed by atoms with van der Waals surface area (Å²) in [5.41, 5.74) is 3.91. The van der Waals surface area contributed by atoms with Gasteiger partial charge in [0, 0.05) is 11.1 Å². The normalized spacial score (nSPS) is 12.6. The van der Waals surface area contributed by atoms with Crippen molar-refractivity contribution in [1.29, 1.82) is 0 Å². The van der Waals surface area contributed by atoms with Gasteiger partial charge in [-0.3, -0.25) is 0 Å². The van der Waals surface area contributed by atoms with E-state index in [1.165, 1.54) is 16.7 Å². The molecule has 1 unspecified atom stereocenters. The van der Waals surface area contributed by atoms with Crippen LogP contribution in [0.2, 0.25) is 5.02 Å². The SMILES string of the molecule is CNC(Cc1ccccc1Cl)c1cscc1C. The number of benzene rings is 1. The summed E-state index contributed by atoms with van der Waals surface area (Å²) in [5, 5.41) is 8.62. The molecule has 1 aromatic heterocycles. The summed E-state index contributed by atoms with van der Waals surface area (Å²) in [7, 11) is 2.00. The van der Waals surface area contributed by atoms with Gasteiger partial charge in [-0.1, -0.05) is 29.8 Å². The van der Waals surface area contributed by atoms with Crippen molar-refractivity contribution in [2.24, 2.45) is 0 Å². The minimum Gasteiger partial charge on any atom is -0.313 e. The van der Waals surface area contributed by atoms with E-state index in [9.17, 15) is 0 Å². The van der Waals surface area contributed by atoms with Gasteiger partial charge in [0.25, 0.3) is 0 Å². The second-order valence-corrected chi connectivity index (χ2v) is 5.30. The average Bonchev–Trinajstić information content (AvgIpc) is 2.75. The van der Waals surface area contributed by atoms with Gasteiger partial charge in [-0.05, 0) is 53.9 Å². The van der Waals surface area contributed by atoms with Gasteiger partial charge in [-0.25, -0.2) is 0 Å². The summed E-state index contributed by atoms with van der Waals surface area (Å²) in [6.45, 7) is 2.16. The summed E-state index contributed by atoms with van der Waals surface area (Å²) >= 11 is 7.95. The first-order chi connectivity index (χ1) is 8.22. The first kappa shape index (κ1) is 12.6. The Morgan fingerprint density at radius 1 is 1.29 bits per heavy atom. The maximum atomic E-state index is 6.20. The van der Waals surface area contributed by atoms with Gasteiger partial charge in [0.2, 0.25) is 0 Å². The fourth-order valence-corrected chi connectivity index (χ4v) is 3.10. The molecule has 3 heteroatoms. The Morgan fingerprint density at radius 2 is 2.06 bits per heavy atom. The van der Waals surface area contributed by atoms with Crippen LogP contribution in [-0.4, -0.2) is 7.05 Å². The summed E-state index contributed by atoms with van der Waals surface area (Å²) in [4.78, 5) is 0. The zero-order chi connectivity index (χ0) is 12.3. The number of rotatable bonds is 4. The molecule has 2 rings (SSSR count). The van der Waals surface area contributed by atoms with Crippen LogP contribution in [0.5, 0.6) is 0 Å². The molecule has 1 heterocycles. The van der Waals surface area contributed by atoms with E-state index in [4.69, 9.17) is 11.6 Å². The monoisotopic (exact) mass is 265 g/mol. The molecule has 0 aliphatic carbocycles. The fourth-order valence-electron chi connectivity index (χ4n) is 1.98. The first-order valence-corrected chi connectivity index (χ1v) is 6.98. The molecule has 2 aromatic rings.